The zero-order valence-electron chi connectivity index (χ0n) is 9.79. The van der Waals surface area contributed by atoms with Crippen molar-refractivity contribution in [2.24, 2.45) is 0 Å². The van der Waals surface area contributed by atoms with Gasteiger partial charge in [-0.05, 0) is 19.8 Å². The van der Waals surface area contributed by atoms with Crippen molar-refractivity contribution in [1.29, 1.82) is 0 Å². The summed E-state index contributed by atoms with van der Waals surface area (Å²) < 4.78 is 4.77. The van der Waals surface area contributed by atoms with E-state index in [0.717, 1.165) is 12.8 Å². The highest BCUT2D eigenvalue weighted by Crippen LogP contribution is 2.06. The first-order chi connectivity index (χ1) is 7.22. The molecule has 0 saturated carbocycles. The highest BCUT2D eigenvalue weighted by atomic mass is 16.5. The molecule has 0 aliphatic heterocycles. The Hall–Kier alpha value is -0.830. The molecule has 0 aromatic carbocycles. The monoisotopic (exact) mass is 214 g/mol. The normalized spacial score (nSPS) is 11.5. The first kappa shape index (κ1) is 14.2. The third-order valence-corrected chi connectivity index (χ3v) is 2.15. The summed E-state index contributed by atoms with van der Waals surface area (Å²) in [7, 11) is 0. The zero-order valence-corrected chi connectivity index (χ0v) is 9.79. The molecule has 0 rings (SSSR count). The fraction of sp³-hybridized carbons (Fsp3) is 0.750. The van der Waals surface area contributed by atoms with Crippen LogP contribution < -0.4 is 0 Å². The molecule has 0 saturated heterocycles. The molecule has 3 nitrogen and oxygen atoms in total. The molecule has 0 fully saturated rings. The van der Waals surface area contributed by atoms with Gasteiger partial charge in [0.1, 0.15) is 6.61 Å². The van der Waals surface area contributed by atoms with E-state index >= 15 is 0 Å². The maximum absolute atomic E-state index is 11.2. The van der Waals surface area contributed by atoms with E-state index in [2.05, 4.69) is 6.92 Å². The van der Waals surface area contributed by atoms with Crippen LogP contribution in [-0.2, 0) is 9.53 Å². The van der Waals surface area contributed by atoms with Crippen LogP contribution in [0, 0.1) is 0 Å². The number of rotatable bonds is 8. The molecular weight excluding hydrogens is 192 g/mol. The van der Waals surface area contributed by atoms with Crippen LogP contribution in [0.15, 0.2) is 11.6 Å². The summed E-state index contributed by atoms with van der Waals surface area (Å²) in [6, 6.07) is 0. The number of allylic oxidation sites excluding steroid dienone is 1. The van der Waals surface area contributed by atoms with E-state index in [0.29, 0.717) is 5.57 Å². The highest BCUT2D eigenvalue weighted by molar-refractivity contribution is 5.87. The zero-order chi connectivity index (χ0) is 11.5. The van der Waals surface area contributed by atoms with E-state index in [-0.39, 0.29) is 19.2 Å². The minimum atomic E-state index is -0.320. The van der Waals surface area contributed by atoms with Gasteiger partial charge in [0.25, 0.3) is 0 Å². The van der Waals surface area contributed by atoms with E-state index < -0.39 is 0 Å². The SMILES string of the molecule is CCCCCCC=C(C)C(=O)OCCO. The molecule has 88 valence electrons. The summed E-state index contributed by atoms with van der Waals surface area (Å²) in [6.45, 7) is 3.89. The number of carbonyl (C=O) groups is 1. The third kappa shape index (κ3) is 8.18. The Labute approximate surface area is 92.1 Å². The van der Waals surface area contributed by atoms with E-state index in [1.54, 1.807) is 6.92 Å². The van der Waals surface area contributed by atoms with Crippen molar-refractivity contribution in [3.63, 3.8) is 0 Å². The van der Waals surface area contributed by atoms with E-state index in [1.165, 1.54) is 19.3 Å². The average Bonchev–Trinajstić information content (AvgIpc) is 2.25. The second-order valence-corrected chi connectivity index (χ2v) is 3.60. The summed E-state index contributed by atoms with van der Waals surface area (Å²) in [5.41, 5.74) is 0.639. The first-order valence-corrected chi connectivity index (χ1v) is 5.67. The van der Waals surface area contributed by atoms with Gasteiger partial charge in [-0.1, -0.05) is 32.3 Å². The molecule has 0 heterocycles. The molecular formula is C12H22O3. The molecule has 0 spiro atoms. The smallest absolute Gasteiger partial charge is 0.333 e. The van der Waals surface area contributed by atoms with Gasteiger partial charge in [0.05, 0.1) is 6.61 Å². The van der Waals surface area contributed by atoms with Crippen LogP contribution in [0.25, 0.3) is 0 Å². The Kier molecular flexibility index (Phi) is 9.18. The summed E-state index contributed by atoms with van der Waals surface area (Å²) in [4.78, 5) is 11.2. The lowest BCUT2D eigenvalue weighted by atomic mass is 10.1. The van der Waals surface area contributed by atoms with Crippen LogP contribution in [-0.4, -0.2) is 24.3 Å². The largest absolute Gasteiger partial charge is 0.460 e. The van der Waals surface area contributed by atoms with Crippen molar-refractivity contribution >= 4 is 5.97 Å². The molecule has 0 radical (unpaired) electrons. The summed E-state index contributed by atoms with van der Waals surface area (Å²) in [5.74, 6) is -0.320. The fourth-order valence-corrected chi connectivity index (χ4v) is 1.23. The van der Waals surface area contributed by atoms with Gasteiger partial charge in [-0.3, -0.25) is 0 Å². The number of esters is 1. The highest BCUT2D eigenvalue weighted by Gasteiger charge is 2.03. The van der Waals surface area contributed by atoms with Crippen LogP contribution in [0.3, 0.4) is 0 Å². The Morgan fingerprint density at radius 3 is 2.67 bits per heavy atom. The Balaban J connectivity index is 3.62. The lowest BCUT2D eigenvalue weighted by Gasteiger charge is -2.02. The van der Waals surface area contributed by atoms with Gasteiger partial charge in [0, 0.05) is 5.57 Å². The van der Waals surface area contributed by atoms with Gasteiger partial charge < -0.3 is 9.84 Å². The number of unbranched alkanes of at least 4 members (excludes halogenated alkanes) is 4. The summed E-state index contributed by atoms with van der Waals surface area (Å²) in [5, 5.41) is 8.47. The minimum Gasteiger partial charge on any atom is -0.460 e. The van der Waals surface area contributed by atoms with Gasteiger partial charge in [-0.25, -0.2) is 4.79 Å². The second kappa shape index (κ2) is 9.71. The molecule has 3 heteroatoms. The average molecular weight is 214 g/mol. The maximum atomic E-state index is 11.2. The van der Waals surface area contributed by atoms with Crippen molar-refractivity contribution < 1.29 is 14.6 Å². The Bertz CT molecular complexity index is 197. The molecule has 0 aromatic heterocycles. The second-order valence-electron chi connectivity index (χ2n) is 3.60. The Morgan fingerprint density at radius 1 is 1.33 bits per heavy atom. The lowest BCUT2D eigenvalue weighted by molar-refractivity contribution is -0.139. The van der Waals surface area contributed by atoms with Crippen molar-refractivity contribution in [2.45, 2.75) is 46.0 Å². The van der Waals surface area contributed by atoms with E-state index in [9.17, 15) is 4.79 Å². The van der Waals surface area contributed by atoms with Crippen molar-refractivity contribution in [2.75, 3.05) is 13.2 Å². The molecule has 0 amide bonds. The van der Waals surface area contributed by atoms with Crippen molar-refractivity contribution in [1.82, 2.24) is 0 Å². The van der Waals surface area contributed by atoms with Crippen LogP contribution in [0.4, 0.5) is 0 Å². The Morgan fingerprint density at radius 2 is 2.07 bits per heavy atom. The standard InChI is InChI=1S/C12H22O3/c1-3-4-5-6-7-8-11(2)12(14)15-10-9-13/h8,13H,3-7,9-10H2,1-2H3. The predicted molar refractivity (Wildman–Crippen MR) is 60.6 cm³/mol. The number of hydrogen-bond donors (Lipinski definition) is 1. The summed E-state index contributed by atoms with van der Waals surface area (Å²) >= 11 is 0. The molecule has 0 unspecified atom stereocenters. The van der Waals surface area contributed by atoms with Gasteiger partial charge in [-0.2, -0.15) is 0 Å². The molecule has 0 atom stereocenters. The third-order valence-electron chi connectivity index (χ3n) is 2.15. The lowest BCUT2D eigenvalue weighted by Crippen LogP contribution is -2.09. The van der Waals surface area contributed by atoms with Crippen LogP contribution in [0.2, 0.25) is 0 Å². The fourth-order valence-electron chi connectivity index (χ4n) is 1.23. The summed E-state index contributed by atoms with van der Waals surface area (Å²) in [6.07, 6.45) is 7.66. The van der Waals surface area contributed by atoms with Crippen LogP contribution in [0.5, 0.6) is 0 Å². The number of carbonyl (C=O) groups excluding carboxylic acids is 1. The quantitative estimate of drug-likeness (QED) is 0.383. The van der Waals surface area contributed by atoms with Gasteiger partial charge >= 0.3 is 5.97 Å². The topological polar surface area (TPSA) is 46.5 Å². The molecule has 0 aliphatic carbocycles. The predicted octanol–water partition coefficient (Wildman–Crippen LogP) is 2.44. The molecule has 0 aliphatic rings. The van der Waals surface area contributed by atoms with Gasteiger partial charge in [-0.15, -0.1) is 0 Å². The van der Waals surface area contributed by atoms with E-state index in [1.807, 2.05) is 6.08 Å². The van der Waals surface area contributed by atoms with Crippen LogP contribution in [0.1, 0.15) is 46.0 Å². The number of aliphatic hydroxyl groups is 1. The number of ether oxygens (including phenoxy) is 1. The van der Waals surface area contributed by atoms with Crippen LogP contribution >= 0.6 is 0 Å². The van der Waals surface area contributed by atoms with Gasteiger partial charge in [0.2, 0.25) is 0 Å². The molecule has 15 heavy (non-hydrogen) atoms. The number of aliphatic hydroxyl groups excluding tert-OH is 1. The minimum absolute atomic E-state index is 0.0832. The molecule has 1 N–H and O–H groups in total. The van der Waals surface area contributed by atoms with Gasteiger partial charge in [0.15, 0.2) is 0 Å². The van der Waals surface area contributed by atoms with Crippen molar-refractivity contribution in [3.8, 4) is 0 Å². The van der Waals surface area contributed by atoms with Crippen molar-refractivity contribution in [3.05, 3.63) is 11.6 Å². The number of hydrogen-bond acceptors (Lipinski definition) is 3. The first-order valence-electron chi connectivity index (χ1n) is 5.67. The van der Waals surface area contributed by atoms with E-state index in [4.69, 9.17) is 9.84 Å². The molecule has 0 bridgehead atoms. The maximum Gasteiger partial charge on any atom is 0.333 e. The molecule has 0 aromatic rings.